The molecule has 0 aliphatic heterocycles. The van der Waals surface area contributed by atoms with E-state index in [9.17, 15) is 34.4 Å². The van der Waals surface area contributed by atoms with Crippen molar-refractivity contribution in [1.29, 1.82) is 0 Å². The Labute approximate surface area is 191 Å². The Hall–Kier alpha value is -3.45. The molecular formula is C21H15F4N3O4S2. The third-order valence-electron chi connectivity index (χ3n) is 4.87. The first-order chi connectivity index (χ1) is 15.9. The standard InChI is InChI=1S/C21H15F4N3O4S2/c22-12-33(29,30)28-17-4-2-1-3-16(17)14-7-10-18-19(11-14)27-20(26-18)13-5-8-15(9-6-13)34(31,32)21(23,24)25/h1-11,28H,12H2,(H,26,27). The molecule has 0 radical (unpaired) electrons. The zero-order chi connectivity index (χ0) is 24.7. The van der Waals surface area contributed by atoms with Crippen molar-refractivity contribution >= 4 is 36.6 Å². The molecule has 13 heteroatoms. The summed E-state index contributed by atoms with van der Waals surface area (Å²) in [5.74, 6) is 0.287. The first kappa shape index (κ1) is 23.7. The Morgan fingerprint density at radius 2 is 1.53 bits per heavy atom. The van der Waals surface area contributed by atoms with Crippen LogP contribution < -0.4 is 4.72 Å². The van der Waals surface area contributed by atoms with E-state index in [1.54, 1.807) is 36.4 Å². The zero-order valence-electron chi connectivity index (χ0n) is 17.0. The van der Waals surface area contributed by atoms with Gasteiger partial charge in [0.15, 0.2) is 0 Å². The molecule has 0 saturated heterocycles. The largest absolute Gasteiger partial charge is 0.501 e. The number of aromatic amines is 1. The van der Waals surface area contributed by atoms with Crippen molar-refractivity contribution in [3.8, 4) is 22.5 Å². The molecule has 0 spiro atoms. The number of rotatable bonds is 6. The van der Waals surface area contributed by atoms with E-state index in [2.05, 4.69) is 14.7 Å². The maximum Gasteiger partial charge on any atom is 0.501 e. The van der Waals surface area contributed by atoms with Gasteiger partial charge < -0.3 is 4.98 Å². The number of benzene rings is 3. The van der Waals surface area contributed by atoms with Crippen molar-refractivity contribution < 1.29 is 34.4 Å². The van der Waals surface area contributed by atoms with Gasteiger partial charge in [-0.25, -0.2) is 26.2 Å². The molecule has 0 amide bonds. The molecule has 1 aromatic heterocycles. The number of halogens is 4. The van der Waals surface area contributed by atoms with E-state index >= 15 is 0 Å². The SMILES string of the molecule is O=S(=O)(CF)Nc1ccccc1-c1ccc2nc(-c3ccc(S(=O)(=O)C(F)(F)F)cc3)[nH]c2c1. The van der Waals surface area contributed by atoms with E-state index in [1.807, 2.05) is 0 Å². The van der Waals surface area contributed by atoms with E-state index in [1.165, 1.54) is 18.2 Å². The van der Waals surface area contributed by atoms with Crippen molar-refractivity contribution in [2.24, 2.45) is 0 Å². The molecule has 34 heavy (non-hydrogen) atoms. The van der Waals surface area contributed by atoms with Gasteiger partial charge in [0.25, 0.3) is 19.9 Å². The van der Waals surface area contributed by atoms with E-state index in [0.29, 0.717) is 27.7 Å². The lowest BCUT2D eigenvalue weighted by Gasteiger charge is -2.11. The zero-order valence-corrected chi connectivity index (χ0v) is 18.6. The fourth-order valence-corrected chi connectivity index (χ4v) is 4.59. The minimum Gasteiger partial charge on any atom is -0.338 e. The summed E-state index contributed by atoms with van der Waals surface area (Å²) in [6.45, 7) is 0. The molecule has 0 aliphatic rings. The number of imidazole rings is 1. The summed E-state index contributed by atoms with van der Waals surface area (Å²) in [6.07, 6.45) is 0. The van der Waals surface area contributed by atoms with E-state index in [0.717, 1.165) is 12.1 Å². The van der Waals surface area contributed by atoms with Crippen LogP contribution in [0.25, 0.3) is 33.5 Å². The summed E-state index contributed by atoms with van der Waals surface area (Å²) in [5, 5.41) is 0. The smallest absolute Gasteiger partial charge is 0.338 e. The predicted octanol–water partition coefficient (Wildman–Crippen LogP) is 4.86. The maximum atomic E-state index is 12.8. The van der Waals surface area contributed by atoms with Crippen LogP contribution in [0.2, 0.25) is 0 Å². The van der Waals surface area contributed by atoms with Crippen molar-refractivity contribution in [3.05, 3.63) is 66.7 Å². The predicted molar refractivity (Wildman–Crippen MR) is 119 cm³/mol. The van der Waals surface area contributed by atoms with Crippen LogP contribution in [0.1, 0.15) is 0 Å². The second-order valence-electron chi connectivity index (χ2n) is 7.16. The molecular weight excluding hydrogens is 498 g/mol. The molecule has 0 aliphatic carbocycles. The number of hydrogen-bond acceptors (Lipinski definition) is 5. The maximum absolute atomic E-state index is 12.8. The molecule has 4 aromatic rings. The summed E-state index contributed by atoms with van der Waals surface area (Å²) in [5.41, 5.74) is -2.75. The Morgan fingerprint density at radius 3 is 2.18 bits per heavy atom. The molecule has 4 rings (SSSR count). The minimum atomic E-state index is -5.46. The Morgan fingerprint density at radius 1 is 0.882 bits per heavy atom. The molecule has 2 N–H and O–H groups in total. The van der Waals surface area contributed by atoms with E-state index in [-0.39, 0.29) is 11.5 Å². The van der Waals surface area contributed by atoms with Crippen molar-refractivity contribution in [1.82, 2.24) is 9.97 Å². The number of nitrogens with one attached hydrogen (secondary N) is 2. The minimum absolute atomic E-state index is 0.181. The molecule has 3 aromatic carbocycles. The fourth-order valence-electron chi connectivity index (χ4n) is 3.26. The number of nitrogens with zero attached hydrogens (tertiary/aromatic N) is 1. The average Bonchev–Trinajstić information content (AvgIpc) is 3.22. The Bertz CT molecular complexity index is 1580. The van der Waals surface area contributed by atoms with Gasteiger partial charge in [-0.2, -0.15) is 13.2 Å². The highest BCUT2D eigenvalue weighted by molar-refractivity contribution is 7.92. The monoisotopic (exact) mass is 513 g/mol. The fraction of sp³-hybridized carbons (Fsp3) is 0.0952. The van der Waals surface area contributed by atoms with Crippen LogP contribution in [0.15, 0.2) is 71.6 Å². The number of anilines is 1. The summed E-state index contributed by atoms with van der Waals surface area (Å²) >= 11 is 0. The summed E-state index contributed by atoms with van der Waals surface area (Å²) in [6, 6.07) is 13.9. The normalized spacial score (nSPS) is 12.7. The van der Waals surface area contributed by atoms with Crippen molar-refractivity contribution in [2.45, 2.75) is 10.4 Å². The lowest BCUT2D eigenvalue weighted by molar-refractivity contribution is -0.0436. The quantitative estimate of drug-likeness (QED) is 0.358. The lowest BCUT2D eigenvalue weighted by Crippen LogP contribution is -2.23. The molecule has 1 heterocycles. The second kappa shape index (κ2) is 8.40. The van der Waals surface area contributed by atoms with Gasteiger partial charge in [-0.15, -0.1) is 0 Å². The van der Waals surface area contributed by atoms with Gasteiger partial charge in [-0.3, -0.25) is 4.72 Å². The average molecular weight is 513 g/mol. The first-order valence-electron chi connectivity index (χ1n) is 9.49. The number of fused-ring (bicyclic) bond motifs is 1. The summed E-state index contributed by atoms with van der Waals surface area (Å²) in [4.78, 5) is 6.49. The molecule has 0 bridgehead atoms. The molecule has 7 nitrogen and oxygen atoms in total. The van der Waals surface area contributed by atoms with Crippen LogP contribution in [-0.2, 0) is 19.9 Å². The first-order valence-corrected chi connectivity index (χ1v) is 12.6. The van der Waals surface area contributed by atoms with Gasteiger partial charge in [0.05, 0.1) is 21.6 Å². The van der Waals surface area contributed by atoms with Gasteiger partial charge in [-0.05, 0) is 48.0 Å². The number of H-pyrrole nitrogens is 1. The molecule has 0 unspecified atom stereocenters. The number of hydrogen-bond donors (Lipinski definition) is 2. The van der Waals surface area contributed by atoms with Gasteiger partial charge in [0, 0.05) is 11.1 Å². The highest BCUT2D eigenvalue weighted by Crippen LogP contribution is 2.33. The Balaban J connectivity index is 1.70. The van der Waals surface area contributed by atoms with Crippen LogP contribution >= 0.6 is 0 Å². The topological polar surface area (TPSA) is 109 Å². The summed E-state index contributed by atoms with van der Waals surface area (Å²) < 4.78 is 99.6. The number of para-hydroxylation sites is 1. The van der Waals surface area contributed by atoms with Crippen LogP contribution in [0, 0.1) is 0 Å². The molecule has 178 valence electrons. The van der Waals surface area contributed by atoms with Crippen molar-refractivity contribution in [2.75, 3.05) is 10.7 Å². The van der Waals surface area contributed by atoms with Crippen LogP contribution in [0.4, 0.5) is 23.2 Å². The van der Waals surface area contributed by atoms with E-state index < -0.39 is 36.3 Å². The lowest BCUT2D eigenvalue weighted by atomic mass is 10.0. The van der Waals surface area contributed by atoms with Gasteiger partial charge in [0.2, 0.25) is 6.01 Å². The van der Waals surface area contributed by atoms with Gasteiger partial charge >= 0.3 is 5.51 Å². The van der Waals surface area contributed by atoms with Crippen molar-refractivity contribution in [3.63, 3.8) is 0 Å². The van der Waals surface area contributed by atoms with Crippen LogP contribution in [0.3, 0.4) is 0 Å². The third kappa shape index (κ3) is 4.48. The highest BCUT2D eigenvalue weighted by Gasteiger charge is 2.46. The van der Waals surface area contributed by atoms with Gasteiger partial charge in [0.1, 0.15) is 5.82 Å². The number of sulfonamides is 1. The highest BCUT2D eigenvalue weighted by atomic mass is 32.2. The van der Waals surface area contributed by atoms with E-state index in [4.69, 9.17) is 0 Å². The molecule has 0 atom stereocenters. The molecule has 0 fully saturated rings. The Kier molecular flexibility index (Phi) is 5.85. The van der Waals surface area contributed by atoms with Crippen LogP contribution in [0.5, 0.6) is 0 Å². The number of alkyl halides is 4. The number of aromatic nitrogens is 2. The number of sulfone groups is 1. The second-order valence-corrected chi connectivity index (χ2v) is 10.8. The van der Waals surface area contributed by atoms with Crippen LogP contribution in [-0.4, -0.2) is 38.3 Å². The molecule has 0 saturated carbocycles. The summed E-state index contributed by atoms with van der Waals surface area (Å²) in [7, 11) is -9.61. The van der Waals surface area contributed by atoms with Gasteiger partial charge in [-0.1, -0.05) is 24.3 Å². The third-order valence-corrected chi connectivity index (χ3v) is 7.19.